The number of carbonyl (C=O) groups excluding carboxylic acids is 2. The van der Waals surface area contributed by atoms with Crippen molar-refractivity contribution < 1.29 is 14.3 Å². The average molecular weight is 247 g/mol. The number of hydrogen-bond acceptors (Lipinski definition) is 3. The molecule has 96 valence electrons. The van der Waals surface area contributed by atoms with Gasteiger partial charge < -0.3 is 9.64 Å². The van der Waals surface area contributed by atoms with Gasteiger partial charge in [-0.3, -0.25) is 4.79 Å². The smallest absolute Gasteiger partial charge is 0.328 e. The number of esters is 1. The summed E-state index contributed by atoms with van der Waals surface area (Å²) in [5.74, 6) is -0.307. The van der Waals surface area contributed by atoms with Crippen molar-refractivity contribution in [2.75, 3.05) is 7.11 Å². The number of amides is 1. The molecule has 2 rings (SSSR count). The maximum Gasteiger partial charge on any atom is 0.328 e. The van der Waals surface area contributed by atoms with Gasteiger partial charge in [-0.2, -0.15) is 0 Å². The summed E-state index contributed by atoms with van der Waals surface area (Å²) < 4.78 is 4.74. The lowest BCUT2D eigenvalue weighted by Crippen LogP contribution is -2.38. The van der Waals surface area contributed by atoms with Crippen molar-refractivity contribution in [3.05, 3.63) is 35.4 Å². The van der Waals surface area contributed by atoms with Crippen LogP contribution in [0.3, 0.4) is 0 Å². The zero-order chi connectivity index (χ0) is 13.1. The predicted octanol–water partition coefficient (Wildman–Crippen LogP) is 1.66. The van der Waals surface area contributed by atoms with Gasteiger partial charge in [0, 0.05) is 13.0 Å². The summed E-state index contributed by atoms with van der Waals surface area (Å²) in [6, 6.07) is 7.54. The molecule has 0 bridgehead atoms. The molecule has 1 saturated heterocycles. The van der Waals surface area contributed by atoms with Crippen molar-refractivity contribution in [1.29, 1.82) is 0 Å². The maximum atomic E-state index is 11.8. The van der Waals surface area contributed by atoms with Crippen molar-refractivity contribution in [2.45, 2.75) is 32.4 Å². The molecule has 4 nitrogen and oxygen atoms in total. The second-order valence-electron chi connectivity index (χ2n) is 4.58. The predicted molar refractivity (Wildman–Crippen MR) is 66.8 cm³/mol. The Hall–Kier alpha value is -1.84. The average Bonchev–Trinajstić information content (AvgIpc) is 2.73. The van der Waals surface area contributed by atoms with E-state index in [1.807, 2.05) is 31.2 Å². The Bertz CT molecular complexity index is 453. The highest BCUT2D eigenvalue weighted by Crippen LogP contribution is 2.22. The van der Waals surface area contributed by atoms with Crippen LogP contribution in [0.25, 0.3) is 0 Å². The Labute approximate surface area is 107 Å². The number of aryl methyl sites for hydroxylation is 1. The summed E-state index contributed by atoms with van der Waals surface area (Å²) in [6.07, 6.45) is 0.975. The van der Waals surface area contributed by atoms with Crippen molar-refractivity contribution >= 4 is 11.9 Å². The van der Waals surface area contributed by atoms with E-state index in [2.05, 4.69) is 0 Å². The Balaban J connectivity index is 2.12. The van der Waals surface area contributed by atoms with Crippen molar-refractivity contribution in [1.82, 2.24) is 4.90 Å². The van der Waals surface area contributed by atoms with E-state index in [1.54, 1.807) is 4.90 Å². The van der Waals surface area contributed by atoms with Gasteiger partial charge in [-0.05, 0) is 18.9 Å². The van der Waals surface area contributed by atoms with Gasteiger partial charge in [0.2, 0.25) is 5.91 Å². The van der Waals surface area contributed by atoms with E-state index >= 15 is 0 Å². The fraction of sp³-hybridized carbons (Fsp3) is 0.429. The zero-order valence-corrected chi connectivity index (χ0v) is 10.7. The number of likely N-dealkylation sites (tertiary alicyclic amines) is 1. The van der Waals surface area contributed by atoms with Crippen LogP contribution in [0.15, 0.2) is 24.3 Å². The highest BCUT2D eigenvalue weighted by molar-refractivity contribution is 5.88. The molecule has 1 amide bonds. The van der Waals surface area contributed by atoms with Crippen LogP contribution in [0.2, 0.25) is 0 Å². The molecular formula is C14H17NO3. The number of ether oxygens (including phenoxy) is 1. The molecule has 0 saturated carbocycles. The molecule has 0 radical (unpaired) electrons. The van der Waals surface area contributed by atoms with Gasteiger partial charge in [-0.25, -0.2) is 4.79 Å². The number of rotatable bonds is 3. The second kappa shape index (κ2) is 5.21. The van der Waals surface area contributed by atoms with Crippen LogP contribution in [0, 0.1) is 6.92 Å². The molecule has 0 spiro atoms. The molecule has 1 aliphatic rings. The fourth-order valence-corrected chi connectivity index (χ4v) is 2.20. The van der Waals surface area contributed by atoms with Gasteiger partial charge in [0.1, 0.15) is 6.04 Å². The normalized spacial score (nSPS) is 19.1. The number of carbonyl (C=O) groups is 2. The quantitative estimate of drug-likeness (QED) is 0.763. The van der Waals surface area contributed by atoms with Gasteiger partial charge in [0.05, 0.1) is 7.11 Å². The zero-order valence-electron chi connectivity index (χ0n) is 10.7. The summed E-state index contributed by atoms with van der Waals surface area (Å²) in [6.45, 7) is 2.49. The van der Waals surface area contributed by atoms with Crippen LogP contribution < -0.4 is 0 Å². The Morgan fingerprint density at radius 1 is 1.39 bits per heavy atom. The lowest BCUT2D eigenvalue weighted by Gasteiger charge is -2.22. The van der Waals surface area contributed by atoms with Crippen LogP contribution in [0.5, 0.6) is 0 Å². The standard InChI is InChI=1S/C14H17NO3/c1-10-3-5-11(6-4-10)9-15-12(14(17)18-2)7-8-13(15)16/h3-6,12H,7-9H2,1-2H3/t12-/m0/s1. The molecule has 1 aliphatic heterocycles. The van der Waals surface area contributed by atoms with Gasteiger partial charge in [0.15, 0.2) is 0 Å². The van der Waals surface area contributed by atoms with Crippen molar-refractivity contribution in [3.8, 4) is 0 Å². The summed E-state index contributed by atoms with van der Waals surface area (Å²) in [5.41, 5.74) is 2.21. The number of nitrogens with zero attached hydrogens (tertiary/aromatic N) is 1. The van der Waals surface area contributed by atoms with E-state index in [9.17, 15) is 9.59 Å². The van der Waals surface area contributed by atoms with Gasteiger partial charge in [-0.1, -0.05) is 29.8 Å². The van der Waals surface area contributed by atoms with Gasteiger partial charge in [-0.15, -0.1) is 0 Å². The van der Waals surface area contributed by atoms with Gasteiger partial charge in [0.25, 0.3) is 0 Å². The third-order valence-electron chi connectivity index (χ3n) is 3.27. The molecular weight excluding hydrogens is 230 g/mol. The largest absolute Gasteiger partial charge is 0.467 e. The topological polar surface area (TPSA) is 46.6 Å². The lowest BCUT2D eigenvalue weighted by molar-refractivity contribution is -0.149. The van der Waals surface area contributed by atoms with E-state index < -0.39 is 6.04 Å². The Morgan fingerprint density at radius 3 is 2.67 bits per heavy atom. The number of hydrogen-bond donors (Lipinski definition) is 0. The summed E-state index contributed by atoms with van der Waals surface area (Å²) >= 11 is 0. The summed E-state index contributed by atoms with van der Waals surface area (Å²) in [5, 5.41) is 0. The second-order valence-corrected chi connectivity index (χ2v) is 4.58. The molecule has 0 aliphatic carbocycles. The third kappa shape index (κ3) is 2.53. The van der Waals surface area contributed by atoms with E-state index in [0.29, 0.717) is 19.4 Å². The summed E-state index contributed by atoms with van der Waals surface area (Å²) in [4.78, 5) is 25.0. The molecule has 4 heteroatoms. The first kappa shape index (κ1) is 12.6. The van der Waals surface area contributed by atoms with Crippen molar-refractivity contribution in [2.24, 2.45) is 0 Å². The lowest BCUT2D eigenvalue weighted by atomic mass is 10.1. The summed E-state index contributed by atoms with van der Waals surface area (Å²) in [7, 11) is 1.36. The Kier molecular flexibility index (Phi) is 3.65. The van der Waals surface area contributed by atoms with Crippen LogP contribution in [0.4, 0.5) is 0 Å². The van der Waals surface area contributed by atoms with Crippen molar-refractivity contribution in [3.63, 3.8) is 0 Å². The molecule has 1 heterocycles. The first-order valence-corrected chi connectivity index (χ1v) is 6.04. The maximum absolute atomic E-state index is 11.8. The molecule has 1 aromatic rings. The first-order chi connectivity index (χ1) is 8.61. The van der Waals surface area contributed by atoms with Crippen LogP contribution in [-0.4, -0.2) is 29.9 Å². The minimum atomic E-state index is -0.427. The molecule has 1 atom stereocenters. The molecule has 18 heavy (non-hydrogen) atoms. The van der Waals surface area contributed by atoms with Crippen LogP contribution >= 0.6 is 0 Å². The highest BCUT2D eigenvalue weighted by atomic mass is 16.5. The SMILES string of the molecule is COC(=O)[C@@H]1CCC(=O)N1Cc1ccc(C)cc1. The Morgan fingerprint density at radius 2 is 2.06 bits per heavy atom. The van der Waals surface area contributed by atoms with Gasteiger partial charge >= 0.3 is 5.97 Å². The first-order valence-electron chi connectivity index (χ1n) is 6.04. The fourth-order valence-electron chi connectivity index (χ4n) is 2.20. The molecule has 0 unspecified atom stereocenters. The molecule has 0 aromatic heterocycles. The third-order valence-corrected chi connectivity index (χ3v) is 3.27. The highest BCUT2D eigenvalue weighted by Gasteiger charge is 2.36. The molecule has 1 aromatic carbocycles. The van der Waals surface area contributed by atoms with Crippen LogP contribution in [0.1, 0.15) is 24.0 Å². The molecule has 0 N–H and O–H groups in total. The number of methoxy groups -OCH3 is 1. The minimum absolute atomic E-state index is 0.0194. The monoisotopic (exact) mass is 247 g/mol. The van der Waals surface area contributed by atoms with Crippen LogP contribution in [-0.2, 0) is 20.9 Å². The van der Waals surface area contributed by atoms with E-state index in [4.69, 9.17) is 4.74 Å². The minimum Gasteiger partial charge on any atom is -0.467 e. The van der Waals surface area contributed by atoms with E-state index in [1.165, 1.54) is 12.7 Å². The number of benzene rings is 1. The molecule has 1 fully saturated rings. The van der Waals surface area contributed by atoms with E-state index in [0.717, 1.165) is 5.56 Å². The van der Waals surface area contributed by atoms with E-state index in [-0.39, 0.29) is 11.9 Å².